The lowest BCUT2D eigenvalue weighted by molar-refractivity contribution is -0.136. The van der Waals surface area contributed by atoms with Gasteiger partial charge in [-0.2, -0.15) is 0 Å². The fourth-order valence-corrected chi connectivity index (χ4v) is 3.78. The molecule has 2 heterocycles. The van der Waals surface area contributed by atoms with Gasteiger partial charge in [0.15, 0.2) is 0 Å². The van der Waals surface area contributed by atoms with E-state index in [2.05, 4.69) is 17.1 Å². The van der Waals surface area contributed by atoms with E-state index in [1.165, 1.54) is 24.1 Å². The minimum absolute atomic E-state index is 0.0174. The van der Waals surface area contributed by atoms with Crippen molar-refractivity contribution in [1.82, 2.24) is 4.90 Å². The summed E-state index contributed by atoms with van der Waals surface area (Å²) in [6.07, 6.45) is 2.03. The van der Waals surface area contributed by atoms with Crippen LogP contribution in [0.25, 0.3) is 0 Å². The summed E-state index contributed by atoms with van der Waals surface area (Å²) >= 11 is 0. The molecule has 2 aliphatic rings. The van der Waals surface area contributed by atoms with Crippen LogP contribution in [0.4, 0.5) is 11.4 Å². The van der Waals surface area contributed by atoms with Gasteiger partial charge in [0.2, 0.25) is 0 Å². The number of hydrogen-bond donors (Lipinski definition) is 3. The van der Waals surface area contributed by atoms with Gasteiger partial charge in [-0.25, -0.2) is 9.59 Å². The average molecular weight is 417 g/mol. The molecule has 1 aromatic carbocycles. The molecule has 9 nitrogen and oxygen atoms in total. The summed E-state index contributed by atoms with van der Waals surface area (Å²) in [6.45, 7) is 3.69. The van der Waals surface area contributed by atoms with Crippen LogP contribution < -0.4 is 10.2 Å². The van der Waals surface area contributed by atoms with Crippen molar-refractivity contribution in [1.29, 1.82) is 0 Å². The molecule has 0 saturated carbocycles. The molecule has 2 aliphatic heterocycles. The molecule has 30 heavy (non-hydrogen) atoms. The molecule has 1 aromatic rings. The second kappa shape index (κ2) is 9.17. The smallest absolute Gasteiger partial charge is 0.337 e. The van der Waals surface area contributed by atoms with Crippen LogP contribution in [0.15, 0.2) is 29.5 Å². The maximum atomic E-state index is 12.8. The first-order chi connectivity index (χ1) is 14.3. The number of anilines is 2. The Morgan fingerprint density at radius 2 is 1.97 bits per heavy atom. The molecule has 0 unspecified atom stereocenters. The standard InChI is InChI=1S/C21H27N3O6/c1-13-5-7-23(8-6-13)17-4-3-14(20(27)28)11-16(17)22-18-15(21(29)30-2)12-24(9-10-25)19(18)26/h3-4,11,13,22,25H,5-10,12H2,1-2H3,(H,27,28). The van der Waals surface area contributed by atoms with Gasteiger partial charge < -0.3 is 30.1 Å². The van der Waals surface area contributed by atoms with E-state index in [0.717, 1.165) is 31.6 Å². The predicted molar refractivity (Wildman–Crippen MR) is 110 cm³/mol. The van der Waals surface area contributed by atoms with Crippen molar-refractivity contribution in [2.45, 2.75) is 19.8 Å². The first kappa shape index (κ1) is 21.6. The van der Waals surface area contributed by atoms with Crippen molar-refractivity contribution in [3.8, 4) is 0 Å². The number of methoxy groups -OCH3 is 1. The van der Waals surface area contributed by atoms with Gasteiger partial charge in [-0.15, -0.1) is 0 Å². The van der Waals surface area contributed by atoms with Gasteiger partial charge in [-0.05, 0) is 37.0 Å². The zero-order valence-electron chi connectivity index (χ0n) is 17.2. The van der Waals surface area contributed by atoms with Crippen molar-refractivity contribution in [3.63, 3.8) is 0 Å². The quantitative estimate of drug-likeness (QED) is 0.568. The number of ether oxygens (including phenoxy) is 1. The van der Waals surface area contributed by atoms with Gasteiger partial charge in [0, 0.05) is 19.6 Å². The summed E-state index contributed by atoms with van der Waals surface area (Å²) in [4.78, 5) is 40.1. The largest absolute Gasteiger partial charge is 0.478 e. The van der Waals surface area contributed by atoms with Gasteiger partial charge in [0.1, 0.15) is 5.70 Å². The summed E-state index contributed by atoms with van der Waals surface area (Å²) < 4.78 is 4.81. The maximum Gasteiger partial charge on any atom is 0.337 e. The number of rotatable bonds is 7. The Bertz CT molecular complexity index is 873. The maximum absolute atomic E-state index is 12.8. The summed E-state index contributed by atoms with van der Waals surface area (Å²) in [6, 6.07) is 4.73. The Morgan fingerprint density at radius 1 is 1.27 bits per heavy atom. The number of aromatic carboxylic acids is 1. The van der Waals surface area contributed by atoms with E-state index in [1.807, 2.05) is 0 Å². The number of carboxylic acid groups (broad SMARTS) is 1. The number of benzene rings is 1. The minimum atomic E-state index is -1.08. The highest BCUT2D eigenvalue weighted by Crippen LogP contribution is 2.33. The number of carbonyl (C=O) groups excluding carboxylic acids is 2. The molecule has 1 saturated heterocycles. The van der Waals surface area contributed by atoms with E-state index in [-0.39, 0.29) is 36.5 Å². The fraction of sp³-hybridized carbons (Fsp3) is 0.476. The summed E-state index contributed by atoms with van der Waals surface area (Å²) in [7, 11) is 1.23. The van der Waals surface area contributed by atoms with Crippen molar-refractivity contribution in [2.24, 2.45) is 5.92 Å². The van der Waals surface area contributed by atoms with E-state index in [0.29, 0.717) is 11.6 Å². The number of nitrogens with one attached hydrogen (secondary N) is 1. The van der Waals surface area contributed by atoms with E-state index in [4.69, 9.17) is 4.74 Å². The Balaban J connectivity index is 2.00. The van der Waals surface area contributed by atoms with Crippen LogP contribution in [0.2, 0.25) is 0 Å². The van der Waals surface area contributed by atoms with Crippen LogP contribution >= 0.6 is 0 Å². The zero-order valence-corrected chi connectivity index (χ0v) is 17.2. The lowest BCUT2D eigenvalue weighted by Crippen LogP contribution is -2.34. The molecule has 1 amide bonds. The van der Waals surface area contributed by atoms with Crippen LogP contribution in [-0.2, 0) is 14.3 Å². The SMILES string of the molecule is COC(=O)C1=C(Nc2cc(C(=O)O)ccc2N2CCC(C)CC2)C(=O)N(CCO)C1. The Morgan fingerprint density at radius 3 is 2.57 bits per heavy atom. The number of hydrogen-bond acceptors (Lipinski definition) is 7. The summed E-state index contributed by atoms with van der Waals surface area (Å²) in [5, 5.41) is 21.7. The number of piperidine rings is 1. The molecule has 0 spiro atoms. The molecular formula is C21H27N3O6. The Kier molecular flexibility index (Phi) is 6.61. The molecule has 1 fully saturated rings. The summed E-state index contributed by atoms with van der Waals surface area (Å²) in [5.74, 6) is -1.55. The first-order valence-electron chi connectivity index (χ1n) is 9.96. The summed E-state index contributed by atoms with van der Waals surface area (Å²) in [5.41, 5.74) is 1.49. The third-order valence-corrected chi connectivity index (χ3v) is 5.58. The third kappa shape index (κ3) is 4.40. The molecule has 9 heteroatoms. The van der Waals surface area contributed by atoms with Crippen molar-refractivity contribution < 1.29 is 29.3 Å². The van der Waals surface area contributed by atoms with Crippen LogP contribution in [0.1, 0.15) is 30.1 Å². The zero-order chi connectivity index (χ0) is 21.8. The number of carboxylic acids is 1. The van der Waals surface area contributed by atoms with Gasteiger partial charge >= 0.3 is 11.9 Å². The number of aliphatic hydroxyl groups is 1. The van der Waals surface area contributed by atoms with Gasteiger partial charge in [0.25, 0.3) is 5.91 Å². The number of carbonyl (C=O) groups is 3. The predicted octanol–water partition coefficient (Wildman–Crippen LogP) is 1.29. The topological polar surface area (TPSA) is 119 Å². The highest BCUT2D eigenvalue weighted by molar-refractivity contribution is 6.09. The van der Waals surface area contributed by atoms with Gasteiger partial charge in [-0.1, -0.05) is 6.92 Å². The lowest BCUT2D eigenvalue weighted by Gasteiger charge is -2.33. The highest BCUT2D eigenvalue weighted by Gasteiger charge is 2.35. The van der Waals surface area contributed by atoms with Crippen LogP contribution in [-0.4, -0.2) is 72.9 Å². The van der Waals surface area contributed by atoms with E-state index in [1.54, 1.807) is 6.07 Å². The van der Waals surface area contributed by atoms with Crippen LogP contribution in [0, 0.1) is 5.92 Å². The van der Waals surface area contributed by atoms with Crippen molar-refractivity contribution in [3.05, 3.63) is 35.0 Å². The van der Waals surface area contributed by atoms with E-state index in [9.17, 15) is 24.6 Å². The second-order valence-corrected chi connectivity index (χ2v) is 7.63. The normalized spacial score (nSPS) is 17.5. The number of β-amino-alcohol motifs (C(OH)–C–C–N with tert-alkyl or cyclic N) is 1. The van der Waals surface area contributed by atoms with Crippen molar-refractivity contribution >= 4 is 29.2 Å². The van der Waals surface area contributed by atoms with E-state index >= 15 is 0 Å². The molecule has 3 rings (SSSR count). The fourth-order valence-electron chi connectivity index (χ4n) is 3.78. The van der Waals surface area contributed by atoms with Gasteiger partial charge in [0.05, 0.1) is 42.8 Å². The number of esters is 1. The Labute approximate surface area is 174 Å². The molecule has 162 valence electrons. The highest BCUT2D eigenvalue weighted by atomic mass is 16.5. The monoisotopic (exact) mass is 417 g/mol. The number of amides is 1. The average Bonchev–Trinajstić information content (AvgIpc) is 3.04. The molecule has 0 aliphatic carbocycles. The molecule has 3 N–H and O–H groups in total. The van der Waals surface area contributed by atoms with E-state index < -0.39 is 17.8 Å². The minimum Gasteiger partial charge on any atom is -0.478 e. The molecular weight excluding hydrogens is 390 g/mol. The molecule has 0 aromatic heterocycles. The van der Waals surface area contributed by atoms with Crippen LogP contribution in [0.3, 0.4) is 0 Å². The molecule has 0 bridgehead atoms. The Hall–Kier alpha value is -3.07. The molecule has 0 atom stereocenters. The number of nitrogens with zero attached hydrogens (tertiary/aromatic N) is 2. The van der Waals surface area contributed by atoms with Crippen molar-refractivity contribution in [2.75, 3.05) is 50.1 Å². The van der Waals surface area contributed by atoms with Crippen LogP contribution in [0.5, 0.6) is 0 Å². The van der Waals surface area contributed by atoms with Gasteiger partial charge in [-0.3, -0.25) is 4.79 Å². The lowest BCUT2D eigenvalue weighted by atomic mass is 9.98. The second-order valence-electron chi connectivity index (χ2n) is 7.63. The number of aliphatic hydroxyl groups excluding tert-OH is 1. The molecule has 0 radical (unpaired) electrons. The third-order valence-electron chi connectivity index (χ3n) is 5.58. The first-order valence-corrected chi connectivity index (χ1v) is 9.96.